The number of hydrogen-bond acceptors (Lipinski definition) is 8. The molecule has 9 nitrogen and oxygen atoms in total. The molecule has 1 N–H and O–H groups in total. The van der Waals surface area contributed by atoms with Crippen molar-refractivity contribution in [2.45, 2.75) is 38.8 Å². The first-order valence-corrected chi connectivity index (χ1v) is 22.0. The van der Waals surface area contributed by atoms with Gasteiger partial charge in [-0.2, -0.15) is 0 Å². The number of nitrogens with zero attached hydrogens (tertiary/aromatic N) is 3. The summed E-state index contributed by atoms with van der Waals surface area (Å²) in [4.78, 5) is 42.4. The first-order chi connectivity index (χ1) is 31.5. The SMILES string of the molecule is COC(=O)/C=C/c1cccc(N(Cc2ccc(-c3ccc(N(C)C)cc3)cc2)C(=O)C2CCCC2)c1.COC(=O)/C=C/c1cccc(NCc2ccc(-c3ccc(N(C)C)cc3)cc2)c1. The van der Waals surface area contributed by atoms with E-state index in [0.717, 1.165) is 71.4 Å². The smallest absolute Gasteiger partial charge is 0.330 e. The Bertz CT molecular complexity index is 2540. The van der Waals surface area contributed by atoms with Crippen LogP contribution in [0.3, 0.4) is 0 Å². The van der Waals surface area contributed by atoms with Crippen molar-refractivity contribution in [1.29, 1.82) is 0 Å². The maximum Gasteiger partial charge on any atom is 0.330 e. The van der Waals surface area contributed by atoms with Crippen LogP contribution in [0, 0.1) is 5.92 Å². The van der Waals surface area contributed by atoms with Crippen molar-refractivity contribution in [3.8, 4) is 22.3 Å². The standard InChI is InChI=1S/C31H34N2O3.C25H26N2O2/c1-32(2)28-18-16-26(17-19-28)25-14-11-24(12-15-25)22-33(31(35)27-8-4-5-9-27)29-10-6-7-23(21-29)13-20-30(34)36-3;1-27(2)24-14-12-22(13-15-24)21-10-7-20(8-11-21)18-26-23-6-4-5-19(17-23)9-16-25(28)29-3/h6-7,10-21,27H,4-5,8-9,22H2,1-3H3;4-17,26H,18H2,1-3H3/b20-13+;16-9+. The third-order valence-corrected chi connectivity index (χ3v) is 11.4. The number of nitrogens with one attached hydrogen (secondary N) is 1. The Morgan fingerprint density at radius 2 is 1.00 bits per heavy atom. The van der Waals surface area contributed by atoms with E-state index in [1.54, 1.807) is 12.2 Å². The molecule has 1 amide bonds. The summed E-state index contributed by atoms with van der Waals surface area (Å²) >= 11 is 0. The third kappa shape index (κ3) is 13.8. The summed E-state index contributed by atoms with van der Waals surface area (Å²) in [5.41, 5.74) is 13.0. The number of carbonyl (C=O) groups is 3. The summed E-state index contributed by atoms with van der Waals surface area (Å²) < 4.78 is 9.32. The van der Waals surface area contributed by atoms with Crippen molar-refractivity contribution in [3.05, 3.63) is 180 Å². The highest BCUT2D eigenvalue weighted by Crippen LogP contribution is 2.31. The lowest BCUT2D eigenvalue weighted by molar-refractivity contribution is -0.135. The molecule has 0 spiro atoms. The number of rotatable bonds is 15. The van der Waals surface area contributed by atoms with Crippen LogP contribution in [0.2, 0.25) is 0 Å². The van der Waals surface area contributed by atoms with Crippen LogP contribution in [-0.2, 0) is 36.9 Å². The first kappa shape index (κ1) is 47.1. The number of amides is 1. The molecule has 0 bridgehead atoms. The van der Waals surface area contributed by atoms with Crippen LogP contribution in [0.1, 0.15) is 47.9 Å². The second-order valence-corrected chi connectivity index (χ2v) is 16.5. The lowest BCUT2D eigenvalue weighted by Gasteiger charge is -2.26. The summed E-state index contributed by atoms with van der Waals surface area (Å²) in [6.07, 6.45) is 10.4. The highest BCUT2D eigenvalue weighted by molar-refractivity contribution is 5.96. The minimum atomic E-state index is -0.407. The number of anilines is 4. The van der Waals surface area contributed by atoms with E-state index in [1.165, 1.54) is 54.4 Å². The summed E-state index contributed by atoms with van der Waals surface area (Å²) in [6.45, 7) is 1.23. The van der Waals surface area contributed by atoms with E-state index in [0.29, 0.717) is 6.54 Å². The van der Waals surface area contributed by atoms with Gasteiger partial charge in [-0.05, 0) is 118 Å². The molecule has 0 radical (unpaired) electrons. The molecule has 1 aliphatic carbocycles. The first-order valence-electron chi connectivity index (χ1n) is 22.0. The highest BCUT2D eigenvalue weighted by Gasteiger charge is 2.28. The number of ether oxygens (including phenoxy) is 2. The quantitative estimate of drug-likeness (QED) is 0.0806. The summed E-state index contributed by atoms with van der Waals surface area (Å²) in [5.74, 6) is -0.533. The van der Waals surface area contributed by atoms with Crippen LogP contribution in [0.5, 0.6) is 0 Å². The highest BCUT2D eigenvalue weighted by atomic mass is 16.5. The van der Waals surface area contributed by atoms with Gasteiger partial charge < -0.3 is 29.5 Å². The molecule has 7 rings (SSSR count). The average molecular weight is 869 g/mol. The van der Waals surface area contributed by atoms with E-state index >= 15 is 0 Å². The maximum atomic E-state index is 13.6. The molecule has 0 atom stereocenters. The van der Waals surface area contributed by atoms with Crippen LogP contribution < -0.4 is 20.0 Å². The number of methoxy groups -OCH3 is 2. The summed E-state index contributed by atoms with van der Waals surface area (Å²) in [7, 11) is 10.9. The fraction of sp³-hybridized carbons (Fsp3) is 0.232. The molecular weight excluding hydrogens is 809 g/mol. The average Bonchev–Trinajstić information content (AvgIpc) is 3.90. The monoisotopic (exact) mass is 868 g/mol. The number of benzene rings is 6. The molecule has 0 heterocycles. The van der Waals surface area contributed by atoms with Crippen molar-refractivity contribution in [1.82, 2.24) is 0 Å². The Morgan fingerprint density at radius 1 is 0.554 bits per heavy atom. The van der Waals surface area contributed by atoms with Crippen LogP contribution in [0.25, 0.3) is 34.4 Å². The number of hydrogen-bond donors (Lipinski definition) is 1. The maximum absolute atomic E-state index is 13.6. The van der Waals surface area contributed by atoms with Gasteiger partial charge in [0.15, 0.2) is 0 Å². The van der Waals surface area contributed by atoms with E-state index in [1.807, 2.05) is 81.6 Å². The van der Waals surface area contributed by atoms with Gasteiger partial charge in [-0.15, -0.1) is 0 Å². The third-order valence-electron chi connectivity index (χ3n) is 11.4. The van der Waals surface area contributed by atoms with E-state index in [4.69, 9.17) is 4.74 Å². The van der Waals surface area contributed by atoms with E-state index in [9.17, 15) is 14.4 Å². The lowest BCUT2D eigenvalue weighted by atomic mass is 10.0. The van der Waals surface area contributed by atoms with E-state index in [2.05, 4.69) is 117 Å². The number of esters is 2. The van der Waals surface area contributed by atoms with Crippen molar-refractivity contribution in [2.24, 2.45) is 5.92 Å². The second kappa shape index (κ2) is 23.3. The fourth-order valence-corrected chi connectivity index (χ4v) is 7.61. The predicted molar refractivity (Wildman–Crippen MR) is 268 cm³/mol. The molecule has 0 aromatic heterocycles. The zero-order chi connectivity index (χ0) is 46.1. The van der Waals surface area contributed by atoms with E-state index < -0.39 is 5.97 Å². The minimum Gasteiger partial charge on any atom is -0.466 e. The fourth-order valence-electron chi connectivity index (χ4n) is 7.61. The molecule has 0 saturated heterocycles. The Balaban J connectivity index is 0.000000221. The molecule has 1 saturated carbocycles. The Labute approximate surface area is 384 Å². The van der Waals surface area contributed by atoms with Gasteiger partial charge in [0, 0.05) is 75.6 Å². The van der Waals surface area contributed by atoms with Crippen LogP contribution >= 0.6 is 0 Å². The number of carbonyl (C=O) groups excluding carboxylic acids is 3. The lowest BCUT2D eigenvalue weighted by Crippen LogP contribution is -2.35. The van der Waals surface area contributed by atoms with Crippen LogP contribution in [0.4, 0.5) is 22.7 Å². The molecule has 9 heteroatoms. The van der Waals surface area contributed by atoms with Crippen molar-refractivity contribution < 1.29 is 23.9 Å². The largest absolute Gasteiger partial charge is 0.466 e. The van der Waals surface area contributed by atoms with Gasteiger partial charge in [0.25, 0.3) is 0 Å². The minimum absolute atomic E-state index is 0.0637. The second-order valence-electron chi connectivity index (χ2n) is 16.5. The molecular formula is C56H60N4O5. The zero-order valence-corrected chi connectivity index (χ0v) is 38.4. The molecule has 334 valence electrons. The normalized spacial score (nSPS) is 12.3. The van der Waals surface area contributed by atoms with Crippen molar-refractivity contribution >= 4 is 52.7 Å². The van der Waals surface area contributed by atoms with Gasteiger partial charge in [0.1, 0.15) is 0 Å². The molecule has 1 aliphatic rings. The molecule has 0 aliphatic heterocycles. The Kier molecular flexibility index (Phi) is 16.9. The van der Waals surface area contributed by atoms with Crippen LogP contribution in [0.15, 0.2) is 158 Å². The van der Waals surface area contributed by atoms with Gasteiger partial charge >= 0.3 is 11.9 Å². The van der Waals surface area contributed by atoms with Crippen molar-refractivity contribution in [2.75, 3.05) is 62.4 Å². The summed E-state index contributed by atoms with van der Waals surface area (Å²) in [6, 6.07) is 49.7. The Morgan fingerprint density at radius 3 is 1.48 bits per heavy atom. The molecule has 65 heavy (non-hydrogen) atoms. The van der Waals surface area contributed by atoms with Gasteiger partial charge in [-0.25, -0.2) is 9.59 Å². The molecule has 6 aromatic rings. The van der Waals surface area contributed by atoms with E-state index in [-0.39, 0.29) is 17.8 Å². The Hall–Kier alpha value is -7.39. The van der Waals surface area contributed by atoms with Gasteiger partial charge in [0.05, 0.1) is 20.8 Å². The van der Waals surface area contributed by atoms with Crippen LogP contribution in [-0.4, -0.2) is 60.3 Å². The molecule has 6 aromatic carbocycles. The van der Waals surface area contributed by atoms with Gasteiger partial charge in [-0.1, -0.05) is 110 Å². The summed E-state index contributed by atoms with van der Waals surface area (Å²) in [5, 5.41) is 3.43. The zero-order valence-electron chi connectivity index (χ0n) is 38.4. The molecule has 1 fully saturated rings. The van der Waals surface area contributed by atoms with Gasteiger partial charge in [0.2, 0.25) is 5.91 Å². The van der Waals surface area contributed by atoms with Crippen molar-refractivity contribution in [3.63, 3.8) is 0 Å². The predicted octanol–water partition coefficient (Wildman–Crippen LogP) is 11.5. The van der Waals surface area contributed by atoms with Gasteiger partial charge in [-0.3, -0.25) is 4.79 Å². The topological polar surface area (TPSA) is 91.4 Å². The molecule has 0 unspecified atom stereocenters.